The van der Waals surface area contributed by atoms with Gasteiger partial charge in [-0.25, -0.2) is 0 Å². The molecule has 0 aliphatic heterocycles. The minimum atomic E-state index is -0.748. The number of benzene rings is 1. The van der Waals surface area contributed by atoms with Crippen molar-refractivity contribution in [2.45, 2.75) is 18.9 Å². The Bertz CT molecular complexity index is 248. The van der Waals surface area contributed by atoms with E-state index in [1.807, 2.05) is 18.2 Å². The van der Waals surface area contributed by atoms with Crippen LogP contribution >= 0.6 is 0 Å². The number of ether oxygens (including phenoxy) is 1. The average Bonchev–Trinajstić information content (AvgIpc) is 2.29. The number of aliphatic hydroxyl groups excluding tert-OH is 2. The van der Waals surface area contributed by atoms with Gasteiger partial charge in [0.2, 0.25) is 0 Å². The average molecular weight is 210 g/mol. The molecule has 0 bridgehead atoms. The summed E-state index contributed by atoms with van der Waals surface area (Å²) >= 11 is 0. The van der Waals surface area contributed by atoms with Crippen molar-refractivity contribution in [1.29, 1.82) is 0 Å². The van der Waals surface area contributed by atoms with Gasteiger partial charge in [-0.2, -0.15) is 0 Å². The molecule has 0 aliphatic carbocycles. The summed E-state index contributed by atoms with van der Waals surface area (Å²) in [5, 5.41) is 17.5. The predicted molar refractivity (Wildman–Crippen MR) is 58.7 cm³/mol. The SMILES string of the molecule is OC[C@@H](O)COCCCc1ccccc1. The second-order valence-corrected chi connectivity index (χ2v) is 3.50. The van der Waals surface area contributed by atoms with Crippen LogP contribution in [0.1, 0.15) is 12.0 Å². The van der Waals surface area contributed by atoms with Crippen LogP contribution in [0.2, 0.25) is 0 Å². The molecule has 84 valence electrons. The Balaban J connectivity index is 2.03. The lowest BCUT2D eigenvalue weighted by atomic mass is 10.1. The summed E-state index contributed by atoms with van der Waals surface area (Å²) in [4.78, 5) is 0. The number of aryl methyl sites for hydroxylation is 1. The Kier molecular flexibility index (Phi) is 6.00. The van der Waals surface area contributed by atoms with E-state index in [0.29, 0.717) is 6.61 Å². The van der Waals surface area contributed by atoms with Gasteiger partial charge in [0.25, 0.3) is 0 Å². The topological polar surface area (TPSA) is 49.7 Å². The Morgan fingerprint density at radius 1 is 1.20 bits per heavy atom. The molecule has 0 amide bonds. The molecular formula is C12H18O3. The van der Waals surface area contributed by atoms with Gasteiger partial charge in [-0.15, -0.1) is 0 Å². The molecule has 0 saturated heterocycles. The summed E-state index contributed by atoms with van der Waals surface area (Å²) in [6.45, 7) is 0.593. The first-order chi connectivity index (χ1) is 7.33. The molecule has 3 heteroatoms. The van der Waals surface area contributed by atoms with Crippen LogP contribution < -0.4 is 0 Å². The van der Waals surface area contributed by atoms with Gasteiger partial charge in [-0.3, -0.25) is 0 Å². The molecule has 1 aromatic carbocycles. The molecule has 1 aromatic rings. The van der Waals surface area contributed by atoms with E-state index in [2.05, 4.69) is 12.1 Å². The molecule has 0 saturated carbocycles. The van der Waals surface area contributed by atoms with Crippen molar-refractivity contribution in [3.8, 4) is 0 Å². The van der Waals surface area contributed by atoms with E-state index in [0.717, 1.165) is 12.8 Å². The fourth-order valence-corrected chi connectivity index (χ4v) is 1.30. The van der Waals surface area contributed by atoms with Crippen LogP contribution in [0.4, 0.5) is 0 Å². The van der Waals surface area contributed by atoms with Gasteiger partial charge in [0.15, 0.2) is 0 Å². The Morgan fingerprint density at radius 2 is 1.93 bits per heavy atom. The molecule has 0 unspecified atom stereocenters. The molecule has 3 nitrogen and oxygen atoms in total. The fraction of sp³-hybridized carbons (Fsp3) is 0.500. The van der Waals surface area contributed by atoms with Crippen LogP contribution in [0.5, 0.6) is 0 Å². The molecule has 1 atom stereocenters. The predicted octanol–water partition coefficient (Wildman–Crippen LogP) is 0.989. The third-order valence-electron chi connectivity index (χ3n) is 2.12. The maximum absolute atomic E-state index is 9.00. The smallest absolute Gasteiger partial charge is 0.100 e. The summed E-state index contributed by atoms with van der Waals surface area (Å²) in [5.41, 5.74) is 1.30. The highest BCUT2D eigenvalue weighted by atomic mass is 16.5. The first kappa shape index (κ1) is 12.2. The van der Waals surface area contributed by atoms with Crippen molar-refractivity contribution in [2.24, 2.45) is 0 Å². The van der Waals surface area contributed by atoms with Crippen molar-refractivity contribution >= 4 is 0 Å². The van der Waals surface area contributed by atoms with E-state index in [1.165, 1.54) is 5.56 Å². The third kappa shape index (κ3) is 5.52. The lowest BCUT2D eigenvalue weighted by Crippen LogP contribution is -2.19. The maximum Gasteiger partial charge on any atom is 0.100 e. The molecule has 15 heavy (non-hydrogen) atoms. The van der Waals surface area contributed by atoms with Gasteiger partial charge in [-0.05, 0) is 18.4 Å². The molecule has 0 radical (unpaired) electrons. The zero-order chi connectivity index (χ0) is 10.9. The zero-order valence-electron chi connectivity index (χ0n) is 8.80. The van der Waals surface area contributed by atoms with Gasteiger partial charge in [0.05, 0.1) is 13.2 Å². The highest BCUT2D eigenvalue weighted by molar-refractivity contribution is 5.14. The lowest BCUT2D eigenvalue weighted by Gasteiger charge is -2.07. The summed E-state index contributed by atoms with van der Waals surface area (Å²) < 4.78 is 5.20. The van der Waals surface area contributed by atoms with Crippen molar-refractivity contribution in [3.63, 3.8) is 0 Å². The second kappa shape index (κ2) is 7.40. The van der Waals surface area contributed by atoms with Crippen LogP contribution in [0.3, 0.4) is 0 Å². The summed E-state index contributed by atoms with van der Waals surface area (Å²) in [7, 11) is 0. The highest BCUT2D eigenvalue weighted by Gasteiger charge is 2.00. The van der Waals surface area contributed by atoms with Crippen molar-refractivity contribution < 1.29 is 14.9 Å². The largest absolute Gasteiger partial charge is 0.394 e. The first-order valence-electron chi connectivity index (χ1n) is 5.23. The van der Waals surface area contributed by atoms with Crippen molar-refractivity contribution in [3.05, 3.63) is 35.9 Å². The van der Waals surface area contributed by atoms with Gasteiger partial charge >= 0.3 is 0 Å². The highest BCUT2D eigenvalue weighted by Crippen LogP contribution is 2.02. The molecule has 0 heterocycles. The molecule has 0 spiro atoms. The van der Waals surface area contributed by atoms with Crippen molar-refractivity contribution in [2.75, 3.05) is 19.8 Å². The van der Waals surface area contributed by atoms with E-state index in [4.69, 9.17) is 14.9 Å². The number of rotatable bonds is 7. The minimum Gasteiger partial charge on any atom is -0.394 e. The van der Waals surface area contributed by atoms with E-state index in [-0.39, 0.29) is 13.2 Å². The van der Waals surface area contributed by atoms with Gasteiger partial charge in [0, 0.05) is 6.61 Å². The quantitative estimate of drug-likeness (QED) is 0.660. The van der Waals surface area contributed by atoms with Crippen LogP contribution in [0, 0.1) is 0 Å². The molecule has 0 aromatic heterocycles. The van der Waals surface area contributed by atoms with E-state index in [1.54, 1.807) is 0 Å². The Morgan fingerprint density at radius 3 is 2.60 bits per heavy atom. The van der Waals surface area contributed by atoms with Gasteiger partial charge in [-0.1, -0.05) is 30.3 Å². The molecular weight excluding hydrogens is 192 g/mol. The number of hydrogen-bond acceptors (Lipinski definition) is 3. The fourth-order valence-electron chi connectivity index (χ4n) is 1.30. The van der Waals surface area contributed by atoms with Gasteiger partial charge in [0.1, 0.15) is 6.10 Å². The third-order valence-corrected chi connectivity index (χ3v) is 2.12. The van der Waals surface area contributed by atoms with Crippen molar-refractivity contribution in [1.82, 2.24) is 0 Å². The zero-order valence-corrected chi connectivity index (χ0v) is 8.80. The van der Waals surface area contributed by atoms with Crippen LogP contribution in [0.15, 0.2) is 30.3 Å². The van der Waals surface area contributed by atoms with Crippen LogP contribution in [-0.4, -0.2) is 36.1 Å². The summed E-state index contributed by atoms with van der Waals surface area (Å²) in [6, 6.07) is 10.2. The molecule has 0 aliphatic rings. The molecule has 2 N–H and O–H groups in total. The lowest BCUT2D eigenvalue weighted by molar-refractivity contribution is 0.00575. The summed E-state index contributed by atoms with van der Waals surface area (Å²) in [6.07, 6.45) is 1.17. The number of hydrogen-bond donors (Lipinski definition) is 2. The van der Waals surface area contributed by atoms with Crippen LogP contribution in [0.25, 0.3) is 0 Å². The number of aliphatic hydroxyl groups is 2. The second-order valence-electron chi connectivity index (χ2n) is 3.50. The minimum absolute atomic E-state index is 0.214. The first-order valence-corrected chi connectivity index (χ1v) is 5.23. The Hall–Kier alpha value is -0.900. The normalized spacial score (nSPS) is 12.7. The Labute approximate surface area is 90.3 Å². The van der Waals surface area contributed by atoms with E-state index < -0.39 is 6.10 Å². The van der Waals surface area contributed by atoms with E-state index in [9.17, 15) is 0 Å². The standard InChI is InChI=1S/C12H18O3/c13-9-12(14)10-15-8-4-7-11-5-2-1-3-6-11/h1-3,5-6,12-14H,4,7-10H2/t12-/m1/s1. The van der Waals surface area contributed by atoms with E-state index >= 15 is 0 Å². The maximum atomic E-state index is 9.00. The van der Waals surface area contributed by atoms with Gasteiger partial charge < -0.3 is 14.9 Å². The monoisotopic (exact) mass is 210 g/mol. The molecule has 1 rings (SSSR count). The summed E-state index contributed by atoms with van der Waals surface area (Å²) in [5.74, 6) is 0. The van der Waals surface area contributed by atoms with Crippen LogP contribution in [-0.2, 0) is 11.2 Å². The molecule has 0 fully saturated rings.